The zero-order valence-electron chi connectivity index (χ0n) is 14.4. The van der Waals surface area contributed by atoms with E-state index in [-0.39, 0.29) is 13.2 Å². The maximum absolute atomic E-state index is 9.00. The van der Waals surface area contributed by atoms with Gasteiger partial charge in [-0.05, 0) is 42.9 Å². The highest BCUT2D eigenvalue weighted by molar-refractivity contribution is 4.58. The average Bonchev–Trinajstić information content (AvgIpc) is 2.46. The Balaban J connectivity index is 3.41. The monoisotopic (exact) mass is 304 g/mol. The summed E-state index contributed by atoms with van der Waals surface area (Å²) in [6.45, 7) is 10.8. The molecule has 0 spiro atoms. The molecule has 0 radical (unpaired) electrons. The van der Waals surface area contributed by atoms with E-state index in [4.69, 9.17) is 19.7 Å². The summed E-state index contributed by atoms with van der Waals surface area (Å²) in [6, 6.07) is 0. The molecule has 128 valence electrons. The van der Waals surface area contributed by atoms with Crippen LogP contribution in [0.2, 0.25) is 0 Å². The van der Waals surface area contributed by atoms with Gasteiger partial charge in [-0.25, -0.2) is 0 Å². The molecule has 0 aliphatic carbocycles. The first-order valence-electron chi connectivity index (χ1n) is 8.36. The van der Waals surface area contributed by atoms with Crippen LogP contribution in [0.5, 0.6) is 0 Å². The predicted octanol–water partition coefficient (Wildman–Crippen LogP) is 3.07. The standard InChI is InChI=1S/C17H36O4/c1-14(9-18)6-5-7-15(2)11-20-13-21-12-17(4)8-16(3)10-19/h14-19H,5-13H2,1-4H3. The van der Waals surface area contributed by atoms with Crippen LogP contribution in [-0.4, -0.2) is 43.4 Å². The Morgan fingerprint density at radius 2 is 1.24 bits per heavy atom. The van der Waals surface area contributed by atoms with Crippen LogP contribution in [0.15, 0.2) is 0 Å². The summed E-state index contributed by atoms with van der Waals surface area (Å²) in [5, 5.41) is 18.0. The fourth-order valence-corrected chi connectivity index (χ4v) is 2.38. The van der Waals surface area contributed by atoms with Crippen molar-refractivity contribution in [1.82, 2.24) is 0 Å². The lowest BCUT2D eigenvalue weighted by molar-refractivity contribution is -0.0738. The Bertz CT molecular complexity index is 223. The van der Waals surface area contributed by atoms with Gasteiger partial charge in [-0.1, -0.05) is 34.1 Å². The van der Waals surface area contributed by atoms with Crippen LogP contribution in [0.3, 0.4) is 0 Å². The molecule has 0 bridgehead atoms. The molecule has 0 rings (SSSR count). The summed E-state index contributed by atoms with van der Waals surface area (Å²) in [7, 11) is 0. The summed E-state index contributed by atoms with van der Waals surface area (Å²) in [5.74, 6) is 1.73. The molecule has 0 aliphatic rings. The van der Waals surface area contributed by atoms with E-state index in [1.54, 1.807) is 0 Å². The van der Waals surface area contributed by atoms with Crippen molar-refractivity contribution in [3.8, 4) is 0 Å². The molecule has 4 heteroatoms. The zero-order valence-corrected chi connectivity index (χ0v) is 14.4. The molecule has 0 aromatic carbocycles. The summed E-state index contributed by atoms with van der Waals surface area (Å²) in [6.07, 6.45) is 4.34. The van der Waals surface area contributed by atoms with Gasteiger partial charge >= 0.3 is 0 Å². The van der Waals surface area contributed by atoms with Crippen molar-refractivity contribution in [3.63, 3.8) is 0 Å². The second-order valence-electron chi connectivity index (χ2n) is 6.81. The molecule has 4 nitrogen and oxygen atoms in total. The number of rotatable bonds is 14. The third-order valence-corrected chi connectivity index (χ3v) is 3.79. The van der Waals surface area contributed by atoms with Gasteiger partial charge < -0.3 is 19.7 Å². The van der Waals surface area contributed by atoms with E-state index in [1.165, 1.54) is 0 Å². The van der Waals surface area contributed by atoms with E-state index in [0.29, 0.717) is 37.1 Å². The van der Waals surface area contributed by atoms with Crippen LogP contribution in [0.1, 0.15) is 53.4 Å². The predicted molar refractivity (Wildman–Crippen MR) is 86.1 cm³/mol. The Hall–Kier alpha value is -0.160. The molecule has 21 heavy (non-hydrogen) atoms. The minimum Gasteiger partial charge on any atom is -0.396 e. The summed E-state index contributed by atoms with van der Waals surface area (Å²) >= 11 is 0. The number of aliphatic hydroxyl groups is 2. The molecule has 0 fully saturated rings. The van der Waals surface area contributed by atoms with E-state index in [1.807, 2.05) is 6.92 Å². The first-order valence-corrected chi connectivity index (χ1v) is 8.36. The molecule has 0 amide bonds. The van der Waals surface area contributed by atoms with Gasteiger partial charge in [-0.15, -0.1) is 0 Å². The maximum Gasteiger partial charge on any atom is 0.146 e. The highest BCUT2D eigenvalue weighted by Crippen LogP contribution is 2.13. The second-order valence-corrected chi connectivity index (χ2v) is 6.81. The van der Waals surface area contributed by atoms with Crippen molar-refractivity contribution >= 4 is 0 Å². The lowest BCUT2D eigenvalue weighted by Crippen LogP contribution is -2.15. The Morgan fingerprint density at radius 1 is 0.714 bits per heavy atom. The van der Waals surface area contributed by atoms with Crippen LogP contribution < -0.4 is 0 Å². The molecular formula is C17H36O4. The topological polar surface area (TPSA) is 58.9 Å². The van der Waals surface area contributed by atoms with Gasteiger partial charge in [0.25, 0.3) is 0 Å². The largest absolute Gasteiger partial charge is 0.396 e. The van der Waals surface area contributed by atoms with Crippen LogP contribution >= 0.6 is 0 Å². The molecular weight excluding hydrogens is 268 g/mol. The van der Waals surface area contributed by atoms with Gasteiger partial charge in [0.2, 0.25) is 0 Å². The number of ether oxygens (including phenoxy) is 2. The number of aliphatic hydroxyl groups excluding tert-OH is 2. The Morgan fingerprint density at radius 3 is 1.81 bits per heavy atom. The fraction of sp³-hybridized carbons (Fsp3) is 1.00. The first kappa shape index (κ1) is 20.8. The van der Waals surface area contributed by atoms with E-state index in [0.717, 1.165) is 32.3 Å². The Labute approximate surface area is 130 Å². The molecule has 4 atom stereocenters. The van der Waals surface area contributed by atoms with E-state index >= 15 is 0 Å². The van der Waals surface area contributed by atoms with Crippen molar-refractivity contribution in [1.29, 1.82) is 0 Å². The quantitative estimate of drug-likeness (QED) is 0.382. The third-order valence-electron chi connectivity index (χ3n) is 3.79. The van der Waals surface area contributed by atoms with Crippen LogP contribution in [0.25, 0.3) is 0 Å². The smallest absolute Gasteiger partial charge is 0.146 e. The van der Waals surface area contributed by atoms with Crippen LogP contribution in [0, 0.1) is 23.7 Å². The second kappa shape index (κ2) is 13.5. The average molecular weight is 304 g/mol. The van der Waals surface area contributed by atoms with E-state index in [9.17, 15) is 0 Å². The molecule has 0 aliphatic heterocycles. The normalized spacial score (nSPS) is 17.4. The zero-order chi connectivity index (χ0) is 16.1. The van der Waals surface area contributed by atoms with Gasteiger partial charge in [0.1, 0.15) is 6.79 Å². The van der Waals surface area contributed by atoms with Crippen molar-refractivity contribution in [3.05, 3.63) is 0 Å². The minimum atomic E-state index is 0.243. The number of hydrogen-bond donors (Lipinski definition) is 2. The summed E-state index contributed by atoms with van der Waals surface area (Å²) in [5.41, 5.74) is 0. The van der Waals surface area contributed by atoms with Gasteiger partial charge in [0, 0.05) is 13.2 Å². The van der Waals surface area contributed by atoms with E-state index in [2.05, 4.69) is 20.8 Å². The van der Waals surface area contributed by atoms with Crippen LogP contribution in [-0.2, 0) is 9.47 Å². The van der Waals surface area contributed by atoms with Gasteiger partial charge in [0.15, 0.2) is 0 Å². The fourth-order valence-electron chi connectivity index (χ4n) is 2.38. The lowest BCUT2D eigenvalue weighted by atomic mass is 9.99. The van der Waals surface area contributed by atoms with Crippen LogP contribution in [0.4, 0.5) is 0 Å². The molecule has 4 unspecified atom stereocenters. The molecule has 0 saturated heterocycles. The van der Waals surface area contributed by atoms with Crippen molar-refractivity contribution in [2.24, 2.45) is 23.7 Å². The van der Waals surface area contributed by atoms with Gasteiger partial charge in [-0.3, -0.25) is 0 Å². The summed E-state index contributed by atoms with van der Waals surface area (Å²) in [4.78, 5) is 0. The maximum atomic E-state index is 9.00. The lowest BCUT2D eigenvalue weighted by Gasteiger charge is -2.16. The minimum absolute atomic E-state index is 0.243. The van der Waals surface area contributed by atoms with Crippen molar-refractivity contribution in [2.75, 3.05) is 33.2 Å². The Kier molecular flexibility index (Phi) is 13.4. The van der Waals surface area contributed by atoms with Crippen molar-refractivity contribution in [2.45, 2.75) is 53.4 Å². The van der Waals surface area contributed by atoms with Gasteiger partial charge in [-0.2, -0.15) is 0 Å². The SMILES string of the molecule is CC(CO)CCCC(C)COCOCC(C)CC(C)CO. The van der Waals surface area contributed by atoms with Gasteiger partial charge in [0.05, 0.1) is 13.2 Å². The summed E-state index contributed by atoms with van der Waals surface area (Å²) < 4.78 is 11.1. The number of hydrogen-bond acceptors (Lipinski definition) is 4. The molecule has 0 aromatic rings. The molecule has 0 saturated carbocycles. The molecule has 0 aromatic heterocycles. The van der Waals surface area contributed by atoms with E-state index < -0.39 is 0 Å². The van der Waals surface area contributed by atoms with Crippen molar-refractivity contribution < 1.29 is 19.7 Å². The first-order chi connectivity index (χ1) is 9.99. The molecule has 2 N–H and O–H groups in total. The molecule has 0 heterocycles. The highest BCUT2D eigenvalue weighted by atomic mass is 16.7. The third kappa shape index (κ3) is 13.2. The highest BCUT2D eigenvalue weighted by Gasteiger charge is 2.08.